The normalized spacial score (nSPS) is 20.6. The van der Waals surface area contributed by atoms with Gasteiger partial charge < -0.3 is 20.4 Å². The number of rotatable bonds is 5. The summed E-state index contributed by atoms with van der Waals surface area (Å²) in [7, 11) is 0. The number of aromatic amines is 1. The molecule has 0 unspecified atom stereocenters. The number of nitrogens with zero attached hydrogens (tertiary/aromatic N) is 4. The zero-order chi connectivity index (χ0) is 16.5. The highest BCUT2D eigenvalue weighted by Crippen LogP contribution is 2.26. The molecule has 0 bridgehead atoms. The lowest BCUT2D eigenvalue weighted by molar-refractivity contribution is 0.215. The van der Waals surface area contributed by atoms with Gasteiger partial charge in [-0.05, 0) is 19.9 Å². The van der Waals surface area contributed by atoms with Crippen molar-refractivity contribution < 1.29 is 4.74 Å². The van der Waals surface area contributed by atoms with Crippen LogP contribution in [0.1, 0.15) is 20.3 Å². The van der Waals surface area contributed by atoms with Gasteiger partial charge in [-0.25, -0.2) is 0 Å². The lowest BCUT2D eigenvalue weighted by atomic mass is 10.2. The van der Waals surface area contributed by atoms with Crippen LogP contribution in [-0.2, 0) is 6.54 Å². The van der Waals surface area contributed by atoms with Gasteiger partial charge in [-0.1, -0.05) is 0 Å². The van der Waals surface area contributed by atoms with E-state index >= 15 is 0 Å². The Bertz CT molecular complexity index is 840. The maximum absolute atomic E-state index is 6.13. The second-order valence-corrected chi connectivity index (χ2v) is 6.09. The van der Waals surface area contributed by atoms with E-state index in [1.165, 1.54) is 0 Å². The van der Waals surface area contributed by atoms with E-state index in [0.717, 1.165) is 36.2 Å². The standard InChI is InChI=1S/C16H21N7O/c1-3-23-9-11(7-19-23)20-16-21-14-13(4-5-17-14)15(22-16)24-12-6-10(2)18-8-12/h4-5,7,9-10,12,18H,3,6,8H2,1-2H3,(H2,17,20,21,22)/t10-,12+/m0/s1. The molecule has 0 spiro atoms. The van der Waals surface area contributed by atoms with Gasteiger partial charge in [-0.2, -0.15) is 15.1 Å². The molecule has 4 heterocycles. The van der Waals surface area contributed by atoms with Gasteiger partial charge >= 0.3 is 0 Å². The minimum absolute atomic E-state index is 0.128. The van der Waals surface area contributed by atoms with Crippen LogP contribution < -0.4 is 15.4 Å². The van der Waals surface area contributed by atoms with Gasteiger partial charge in [0.05, 0.1) is 17.3 Å². The Morgan fingerprint density at radius 2 is 2.33 bits per heavy atom. The Labute approximate surface area is 139 Å². The second-order valence-electron chi connectivity index (χ2n) is 6.09. The Kier molecular flexibility index (Phi) is 3.81. The number of aryl methyl sites for hydroxylation is 1. The minimum Gasteiger partial charge on any atom is -0.472 e. The summed E-state index contributed by atoms with van der Waals surface area (Å²) in [6, 6.07) is 2.41. The minimum atomic E-state index is 0.128. The van der Waals surface area contributed by atoms with Crippen molar-refractivity contribution in [2.24, 2.45) is 0 Å². The van der Waals surface area contributed by atoms with Crippen LogP contribution in [0.4, 0.5) is 11.6 Å². The third-order valence-electron chi connectivity index (χ3n) is 4.18. The van der Waals surface area contributed by atoms with Crippen molar-refractivity contribution in [3.63, 3.8) is 0 Å². The third kappa shape index (κ3) is 2.92. The van der Waals surface area contributed by atoms with E-state index in [1.54, 1.807) is 6.20 Å². The first-order valence-electron chi connectivity index (χ1n) is 8.26. The number of nitrogens with one attached hydrogen (secondary N) is 3. The Morgan fingerprint density at radius 3 is 3.08 bits per heavy atom. The van der Waals surface area contributed by atoms with E-state index in [9.17, 15) is 0 Å². The van der Waals surface area contributed by atoms with Crippen LogP contribution >= 0.6 is 0 Å². The largest absolute Gasteiger partial charge is 0.472 e. The number of hydrogen-bond donors (Lipinski definition) is 3. The van der Waals surface area contributed by atoms with Crippen LogP contribution in [0.15, 0.2) is 24.7 Å². The number of aromatic nitrogens is 5. The molecule has 1 aliphatic rings. The molecule has 0 amide bonds. The number of fused-ring (bicyclic) bond motifs is 1. The summed E-state index contributed by atoms with van der Waals surface area (Å²) in [6.45, 7) is 5.86. The zero-order valence-corrected chi connectivity index (χ0v) is 13.8. The van der Waals surface area contributed by atoms with E-state index in [0.29, 0.717) is 17.9 Å². The van der Waals surface area contributed by atoms with Gasteiger partial charge in [0.2, 0.25) is 11.8 Å². The van der Waals surface area contributed by atoms with Crippen LogP contribution in [0.5, 0.6) is 5.88 Å². The SMILES string of the molecule is CCn1cc(Nc2nc(O[C@H]3CN[C@@H](C)C3)c3cc[nH]c3n2)cn1. The van der Waals surface area contributed by atoms with Gasteiger partial charge in [0.15, 0.2) is 0 Å². The predicted octanol–water partition coefficient (Wildman–Crippen LogP) is 2.05. The number of H-pyrrole nitrogens is 1. The van der Waals surface area contributed by atoms with E-state index in [2.05, 4.69) is 37.6 Å². The summed E-state index contributed by atoms with van der Waals surface area (Å²) in [4.78, 5) is 12.2. The second kappa shape index (κ2) is 6.12. The molecule has 4 rings (SSSR count). The quantitative estimate of drug-likeness (QED) is 0.664. The van der Waals surface area contributed by atoms with E-state index in [-0.39, 0.29) is 6.10 Å². The fourth-order valence-corrected chi connectivity index (χ4v) is 2.93. The van der Waals surface area contributed by atoms with Crippen LogP contribution in [0.25, 0.3) is 11.0 Å². The monoisotopic (exact) mass is 327 g/mol. The number of anilines is 2. The fourth-order valence-electron chi connectivity index (χ4n) is 2.93. The first-order valence-corrected chi connectivity index (χ1v) is 8.26. The van der Waals surface area contributed by atoms with Crippen LogP contribution in [0.2, 0.25) is 0 Å². The Balaban J connectivity index is 1.61. The molecular weight excluding hydrogens is 306 g/mol. The molecule has 3 aromatic heterocycles. The van der Waals surface area contributed by atoms with Gasteiger partial charge in [0.25, 0.3) is 0 Å². The van der Waals surface area contributed by atoms with Crippen molar-refractivity contribution in [1.82, 2.24) is 30.0 Å². The molecule has 3 aromatic rings. The molecule has 126 valence electrons. The summed E-state index contributed by atoms with van der Waals surface area (Å²) in [6.07, 6.45) is 6.63. The molecular formula is C16H21N7O. The zero-order valence-electron chi connectivity index (χ0n) is 13.8. The first-order chi connectivity index (χ1) is 11.7. The summed E-state index contributed by atoms with van der Waals surface area (Å²) >= 11 is 0. The molecule has 8 nitrogen and oxygen atoms in total. The smallest absolute Gasteiger partial charge is 0.232 e. The van der Waals surface area contributed by atoms with E-state index in [1.807, 2.05) is 30.1 Å². The Morgan fingerprint density at radius 1 is 1.42 bits per heavy atom. The van der Waals surface area contributed by atoms with Crippen molar-refractivity contribution in [3.05, 3.63) is 24.7 Å². The lowest BCUT2D eigenvalue weighted by Crippen LogP contribution is -2.21. The highest BCUT2D eigenvalue weighted by molar-refractivity contribution is 5.82. The van der Waals surface area contributed by atoms with Crippen molar-refractivity contribution >= 4 is 22.7 Å². The molecule has 0 aromatic carbocycles. The molecule has 0 saturated carbocycles. The van der Waals surface area contributed by atoms with Crippen LogP contribution in [0.3, 0.4) is 0 Å². The van der Waals surface area contributed by atoms with E-state index < -0.39 is 0 Å². The van der Waals surface area contributed by atoms with Crippen LogP contribution in [0, 0.1) is 0 Å². The van der Waals surface area contributed by atoms with Gasteiger partial charge in [-0.3, -0.25) is 4.68 Å². The number of hydrogen-bond acceptors (Lipinski definition) is 6. The van der Waals surface area contributed by atoms with Gasteiger partial charge in [0, 0.05) is 37.9 Å². The average molecular weight is 327 g/mol. The molecule has 0 radical (unpaired) electrons. The molecule has 3 N–H and O–H groups in total. The van der Waals surface area contributed by atoms with Crippen molar-refractivity contribution in [3.8, 4) is 5.88 Å². The molecule has 8 heteroatoms. The maximum Gasteiger partial charge on any atom is 0.232 e. The summed E-state index contributed by atoms with van der Waals surface area (Å²) in [5.74, 6) is 1.10. The maximum atomic E-state index is 6.13. The number of ether oxygens (including phenoxy) is 1. The first kappa shape index (κ1) is 14.9. The van der Waals surface area contributed by atoms with Crippen molar-refractivity contribution in [1.29, 1.82) is 0 Å². The van der Waals surface area contributed by atoms with Crippen molar-refractivity contribution in [2.45, 2.75) is 39.0 Å². The molecule has 1 saturated heterocycles. The van der Waals surface area contributed by atoms with E-state index in [4.69, 9.17) is 4.74 Å². The highest BCUT2D eigenvalue weighted by Gasteiger charge is 2.24. The third-order valence-corrected chi connectivity index (χ3v) is 4.18. The molecule has 0 aliphatic carbocycles. The van der Waals surface area contributed by atoms with Crippen LogP contribution in [-0.4, -0.2) is 43.4 Å². The fraction of sp³-hybridized carbons (Fsp3) is 0.438. The predicted molar refractivity (Wildman–Crippen MR) is 91.6 cm³/mol. The summed E-state index contributed by atoms with van der Waals surface area (Å²) in [5.41, 5.74) is 1.61. The molecule has 1 aliphatic heterocycles. The molecule has 1 fully saturated rings. The van der Waals surface area contributed by atoms with Gasteiger partial charge in [-0.15, -0.1) is 0 Å². The summed E-state index contributed by atoms with van der Waals surface area (Å²) < 4.78 is 7.97. The summed E-state index contributed by atoms with van der Waals surface area (Å²) in [5, 5.41) is 11.7. The Hall–Kier alpha value is -2.61. The van der Waals surface area contributed by atoms with Crippen molar-refractivity contribution in [2.75, 3.05) is 11.9 Å². The lowest BCUT2D eigenvalue weighted by Gasteiger charge is -2.13. The van der Waals surface area contributed by atoms with Gasteiger partial charge in [0.1, 0.15) is 11.8 Å². The highest BCUT2D eigenvalue weighted by atomic mass is 16.5. The average Bonchev–Trinajstić information content (AvgIpc) is 3.28. The molecule has 24 heavy (non-hydrogen) atoms. The molecule has 2 atom stereocenters. The topological polar surface area (TPSA) is 92.7 Å².